The maximum Gasteiger partial charge on any atom is 0.198 e. The van der Waals surface area contributed by atoms with Gasteiger partial charge in [-0.25, -0.2) is 0 Å². The lowest BCUT2D eigenvalue weighted by molar-refractivity contribution is 0.660. The van der Waals surface area contributed by atoms with Gasteiger partial charge in [-0.05, 0) is 82.5 Å². The van der Waals surface area contributed by atoms with E-state index >= 15 is 0 Å². The number of aryl methyl sites for hydroxylation is 2. The van der Waals surface area contributed by atoms with Gasteiger partial charge in [0.25, 0.3) is 0 Å². The van der Waals surface area contributed by atoms with Gasteiger partial charge in [-0.3, -0.25) is 0 Å². The summed E-state index contributed by atoms with van der Waals surface area (Å²) in [6.45, 7) is 9.19. The molecule has 1 aliphatic heterocycles. The highest BCUT2D eigenvalue weighted by molar-refractivity contribution is 6.73. The Kier molecular flexibility index (Phi) is 5.21. The summed E-state index contributed by atoms with van der Waals surface area (Å²) >= 11 is 0. The van der Waals surface area contributed by atoms with Gasteiger partial charge in [0, 0.05) is 44.3 Å². The number of nitrogens with zero attached hydrogens (tertiary/aromatic N) is 1. The fourth-order valence-corrected chi connectivity index (χ4v) is 8.12. The Morgan fingerprint density at radius 1 is 0.636 bits per heavy atom. The molecule has 6 aromatic carbocycles. The molecule has 7 aromatic rings. The van der Waals surface area contributed by atoms with Crippen LogP contribution >= 0.6 is 0 Å². The fourth-order valence-electron chi connectivity index (χ4n) is 8.12. The van der Waals surface area contributed by atoms with Gasteiger partial charge >= 0.3 is 0 Å². The molecule has 0 fully saturated rings. The Labute approximate surface area is 259 Å². The lowest BCUT2D eigenvalue weighted by Crippen LogP contribution is -2.37. The molecule has 1 aromatic heterocycles. The van der Waals surface area contributed by atoms with E-state index in [0.29, 0.717) is 0 Å². The van der Waals surface area contributed by atoms with Crippen molar-refractivity contribution in [2.24, 2.45) is 0 Å². The molecule has 1 N–H and O–H groups in total. The van der Waals surface area contributed by atoms with Crippen LogP contribution in [0.4, 0.5) is 11.4 Å². The van der Waals surface area contributed by atoms with Crippen LogP contribution in [0.15, 0.2) is 115 Å². The number of aromatic nitrogens is 1. The highest BCUT2D eigenvalue weighted by Crippen LogP contribution is 2.54. The summed E-state index contributed by atoms with van der Waals surface area (Å²) in [5, 5.41) is 6.57. The van der Waals surface area contributed by atoms with E-state index in [2.05, 4.69) is 153 Å². The molecule has 1 aliphatic carbocycles. The molecule has 0 unspecified atom stereocenters. The lowest BCUT2D eigenvalue weighted by atomic mass is 9.58. The van der Waals surface area contributed by atoms with Crippen molar-refractivity contribution >= 4 is 51.4 Å². The minimum Gasteiger partial charge on any atom is -0.355 e. The maximum absolute atomic E-state index is 3.91. The van der Waals surface area contributed by atoms with E-state index in [4.69, 9.17) is 0 Å². The minimum absolute atomic E-state index is 0.0822. The lowest BCUT2D eigenvalue weighted by Gasteiger charge is -2.27. The zero-order valence-electron chi connectivity index (χ0n) is 25.6. The molecular formula is C41H33BN2. The third-order valence-corrected chi connectivity index (χ3v) is 10.2. The first-order valence-corrected chi connectivity index (χ1v) is 15.7. The molecule has 0 saturated carbocycles. The van der Waals surface area contributed by atoms with Gasteiger partial charge in [-0.2, -0.15) is 0 Å². The number of rotatable bonds is 3. The Bertz CT molecular complexity index is 2340. The molecule has 44 heavy (non-hydrogen) atoms. The third kappa shape index (κ3) is 3.38. The molecule has 0 saturated heterocycles. The van der Waals surface area contributed by atoms with Crippen molar-refractivity contribution in [3.63, 3.8) is 0 Å². The first-order valence-electron chi connectivity index (χ1n) is 15.7. The quantitative estimate of drug-likeness (QED) is 0.212. The number of nitrogens with one attached hydrogen (secondary N) is 1. The smallest absolute Gasteiger partial charge is 0.198 e. The van der Waals surface area contributed by atoms with E-state index in [1.165, 1.54) is 82.9 Å². The molecule has 0 atom stereocenters. The van der Waals surface area contributed by atoms with E-state index in [1.54, 1.807) is 0 Å². The second kappa shape index (κ2) is 9.00. The Balaban J connectivity index is 1.40. The van der Waals surface area contributed by atoms with E-state index < -0.39 is 0 Å². The van der Waals surface area contributed by atoms with E-state index in [-0.39, 0.29) is 5.41 Å². The van der Waals surface area contributed by atoms with Gasteiger partial charge in [0.2, 0.25) is 0 Å². The summed E-state index contributed by atoms with van der Waals surface area (Å²) in [5.41, 5.74) is 19.5. The zero-order chi connectivity index (χ0) is 29.7. The first-order chi connectivity index (χ1) is 21.4. The normalized spacial score (nSPS) is 13.8. The number of hydrogen-bond acceptors (Lipinski definition) is 1. The summed E-state index contributed by atoms with van der Waals surface area (Å²) in [4.78, 5) is 0. The Morgan fingerprint density at radius 2 is 1.41 bits per heavy atom. The fraction of sp³-hybridized carbons (Fsp3) is 0.122. The average Bonchev–Trinajstić information content (AvgIpc) is 3.49. The van der Waals surface area contributed by atoms with E-state index in [1.807, 2.05) is 0 Å². The molecule has 210 valence electrons. The van der Waals surface area contributed by atoms with Crippen LogP contribution in [0.5, 0.6) is 0 Å². The Hall–Kier alpha value is -5.02. The van der Waals surface area contributed by atoms with Gasteiger partial charge in [0.15, 0.2) is 7.28 Å². The van der Waals surface area contributed by atoms with Crippen LogP contribution in [0.2, 0.25) is 0 Å². The number of fused-ring (bicyclic) bond motifs is 8. The number of para-hydroxylation sites is 3. The van der Waals surface area contributed by atoms with Gasteiger partial charge in [-0.1, -0.05) is 110 Å². The molecule has 0 amide bonds. The second-order valence-electron chi connectivity index (χ2n) is 13.2. The zero-order valence-corrected chi connectivity index (χ0v) is 25.6. The predicted octanol–water partition coefficient (Wildman–Crippen LogP) is 8.82. The SMILES string of the molecule is Cc1cc(-c2c(Nc3ccccc3C)ccc3c2-c2ccccc2C3(C)C)c2c(c1)-n1c3ccccc3c3cccc(c31)B2. The van der Waals surface area contributed by atoms with Crippen LogP contribution in [-0.4, -0.2) is 11.8 Å². The summed E-state index contributed by atoms with van der Waals surface area (Å²) in [5.74, 6) is 0. The average molecular weight is 565 g/mol. The van der Waals surface area contributed by atoms with Crippen LogP contribution in [0.1, 0.15) is 36.1 Å². The summed E-state index contributed by atoms with van der Waals surface area (Å²) in [7, 11) is 0.900. The predicted molar refractivity (Wildman–Crippen MR) is 189 cm³/mol. The van der Waals surface area contributed by atoms with Crippen molar-refractivity contribution in [3.05, 3.63) is 138 Å². The monoisotopic (exact) mass is 564 g/mol. The molecule has 0 bridgehead atoms. The van der Waals surface area contributed by atoms with Crippen LogP contribution < -0.4 is 16.2 Å². The molecule has 3 heteroatoms. The van der Waals surface area contributed by atoms with Crippen LogP contribution in [0, 0.1) is 13.8 Å². The maximum atomic E-state index is 3.91. The van der Waals surface area contributed by atoms with E-state index in [9.17, 15) is 0 Å². The van der Waals surface area contributed by atoms with Gasteiger partial charge < -0.3 is 9.88 Å². The molecule has 2 nitrogen and oxygen atoms in total. The highest BCUT2D eigenvalue weighted by Gasteiger charge is 2.38. The minimum atomic E-state index is -0.0822. The van der Waals surface area contributed by atoms with Crippen LogP contribution in [0.3, 0.4) is 0 Å². The van der Waals surface area contributed by atoms with Crippen molar-refractivity contribution in [1.82, 2.24) is 4.57 Å². The topological polar surface area (TPSA) is 17.0 Å². The number of anilines is 2. The molecule has 9 rings (SSSR count). The third-order valence-electron chi connectivity index (χ3n) is 10.2. The largest absolute Gasteiger partial charge is 0.355 e. The van der Waals surface area contributed by atoms with Crippen LogP contribution in [0.25, 0.3) is 49.7 Å². The molecule has 0 spiro atoms. The van der Waals surface area contributed by atoms with Crippen molar-refractivity contribution in [2.75, 3.05) is 5.32 Å². The number of hydrogen-bond donors (Lipinski definition) is 1. The van der Waals surface area contributed by atoms with Gasteiger partial charge in [-0.15, -0.1) is 0 Å². The van der Waals surface area contributed by atoms with Crippen molar-refractivity contribution in [3.8, 4) is 27.9 Å². The second-order valence-corrected chi connectivity index (χ2v) is 13.2. The first kappa shape index (κ1) is 25.5. The van der Waals surface area contributed by atoms with Crippen molar-refractivity contribution in [1.29, 1.82) is 0 Å². The molecule has 0 radical (unpaired) electrons. The summed E-state index contributed by atoms with van der Waals surface area (Å²) in [6, 6.07) is 42.9. The standard InChI is InChI=1S/C41H33BN2/c1-24-22-29(39-36(23-24)44-35-19-10-7-13-26(35)27-15-11-17-32(42-39)40(27)44)38-34(43-33-18-9-5-12-25(33)2)21-20-31-37(38)28-14-6-8-16-30(28)41(31,3)4/h5-23,42-43H,1-4H3. The Morgan fingerprint density at radius 3 is 2.30 bits per heavy atom. The number of benzene rings is 6. The molecular weight excluding hydrogens is 531 g/mol. The van der Waals surface area contributed by atoms with E-state index in [0.717, 1.165) is 18.7 Å². The van der Waals surface area contributed by atoms with Crippen molar-refractivity contribution < 1.29 is 0 Å². The van der Waals surface area contributed by atoms with Gasteiger partial charge in [0.05, 0.1) is 5.52 Å². The molecule has 2 heterocycles. The molecule has 2 aliphatic rings. The van der Waals surface area contributed by atoms with Gasteiger partial charge in [0.1, 0.15) is 0 Å². The highest BCUT2D eigenvalue weighted by atomic mass is 15.0. The van der Waals surface area contributed by atoms with Crippen molar-refractivity contribution in [2.45, 2.75) is 33.1 Å². The summed E-state index contributed by atoms with van der Waals surface area (Å²) < 4.78 is 2.53. The summed E-state index contributed by atoms with van der Waals surface area (Å²) in [6.07, 6.45) is 0. The van der Waals surface area contributed by atoms with Crippen LogP contribution in [-0.2, 0) is 5.41 Å².